The van der Waals surface area contributed by atoms with Gasteiger partial charge >= 0.3 is 0 Å². The summed E-state index contributed by atoms with van der Waals surface area (Å²) in [4.78, 5) is 12.2. The summed E-state index contributed by atoms with van der Waals surface area (Å²) in [6.45, 7) is 5.90. The molecule has 0 heterocycles. The van der Waals surface area contributed by atoms with Gasteiger partial charge in [-0.05, 0) is 68.3 Å². The predicted octanol–water partition coefficient (Wildman–Crippen LogP) is 4.40. The van der Waals surface area contributed by atoms with Gasteiger partial charge in [0.25, 0.3) is 0 Å². The second-order valence-electron chi connectivity index (χ2n) is 5.16. The van der Waals surface area contributed by atoms with Gasteiger partial charge in [0.1, 0.15) is 6.04 Å². The van der Waals surface area contributed by atoms with Crippen molar-refractivity contribution in [3.8, 4) is 0 Å². The molecule has 0 saturated carbocycles. The maximum absolute atomic E-state index is 12.2. The zero-order valence-corrected chi connectivity index (χ0v) is 13.2. The number of hydrogen-bond donors (Lipinski definition) is 2. The van der Waals surface area contributed by atoms with Gasteiger partial charge in [-0.3, -0.25) is 4.79 Å². The van der Waals surface area contributed by atoms with E-state index in [0.717, 1.165) is 16.9 Å². The van der Waals surface area contributed by atoms with Crippen LogP contribution in [0.4, 0.5) is 11.4 Å². The summed E-state index contributed by atoms with van der Waals surface area (Å²) >= 11 is 5.84. The smallest absolute Gasteiger partial charge is 0.246 e. The second-order valence-corrected chi connectivity index (χ2v) is 5.60. The Hall–Kier alpha value is -2.00. The monoisotopic (exact) mass is 302 g/mol. The lowest BCUT2D eigenvalue weighted by Crippen LogP contribution is -2.31. The zero-order valence-electron chi connectivity index (χ0n) is 12.4. The molecule has 0 spiro atoms. The fourth-order valence-corrected chi connectivity index (χ4v) is 2.06. The van der Waals surface area contributed by atoms with Crippen molar-refractivity contribution >= 4 is 28.9 Å². The molecule has 0 fully saturated rings. The molecule has 2 aromatic carbocycles. The first-order valence-corrected chi connectivity index (χ1v) is 7.24. The van der Waals surface area contributed by atoms with E-state index in [4.69, 9.17) is 11.6 Å². The van der Waals surface area contributed by atoms with Gasteiger partial charge in [-0.15, -0.1) is 0 Å². The quantitative estimate of drug-likeness (QED) is 0.879. The van der Waals surface area contributed by atoms with Crippen LogP contribution in [0.3, 0.4) is 0 Å². The van der Waals surface area contributed by atoms with E-state index in [9.17, 15) is 4.79 Å². The van der Waals surface area contributed by atoms with E-state index in [0.29, 0.717) is 5.02 Å². The summed E-state index contributed by atoms with van der Waals surface area (Å²) in [5.74, 6) is -0.0757. The fourth-order valence-electron chi connectivity index (χ4n) is 1.93. The van der Waals surface area contributed by atoms with Crippen LogP contribution in [0.1, 0.15) is 18.1 Å². The van der Waals surface area contributed by atoms with Gasteiger partial charge in [-0.1, -0.05) is 17.7 Å². The predicted molar refractivity (Wildman–Crippen MR) is 89.1 cm³/mol. The molecule has 1 atom stereocenters. The van der Waals surface area contributed by atoms with Crippen molar-refractivity contribution < 1.29 is 4.79 Å². The van der Waals surface area contributed by atoms with Crippen LogP contribution in [0.2, 0.25) is 5.02 Å². The van der Waals surface area contributed by atoms with Crippen LogP contribution in [0.25, 0.3) is 0 Å². The first-order valence-electron chi connectivity index (χ1n) is 6.86. The SMILES string of the molecule is Cc1ccc(NC(=O)[C@@H](C)Nc2ccc(Cl)cc2)cc1C. The number of anilines is 2. The Balaban J connectivity index is 1.98. The Kier molecular flexibility index (Phi) is 4.86. The number of benzene rings is 2. The highest BCUT2D eigenvalue weighted by molar-refractivity contribution is 6.30. The first-order chi connectivity index (χ1) is 9.95. The maximum Gasteiger partial charge on any atom is 0.246 e. The van der Waals surface area contributed by atoms with Crippen molar-refractivity contribution in [3.05, 3.63) is 58.6 Å². The molecule has 2 aromatic rings. The van der Waals surface area contributed by atoms with Gasteiger partial charge in [0.05, 0.1) is 0 Å². The summed E-state index contributed by atoms with van der Waals surface area (Å²) in [5, 5.41) is 6.73. The zero-order chi connectivity index (χ0) is 15.4. The van der Waals surface area contributed by atoms with Gasteiger partial charge in [-0.25, -0.2) is 0 Å². The molecule has 21 heavy (non-hydrogen) atoms. The Morgan fingerprint density at radius 3 is 2.24 bits per heavy atom. The summed E-state index contributed by atoms with van der Waals surface area (Å²) in [5.41, 5.74) is 4.04. The number of halogens is 1. The largest absolute Gasteiger partial charge is 0.374 e. The van der Waals surface area contributed by atoms with E-state index < -0.39 is 0 Å². The van der Waals surface area contributed by atoms with Crippen LogP contribution >= 0.6 is 11.6 Å². The minimum absolute atomic E-state index is 0.0757. The van der Waals surface area contributed by atoms with Crippen LogP contribution in [0.15, 0.2) is 42.5 Å². The molecule has 0 aliphatic heterocycles. The number of carbonyl (C=O) groups excluding carboxylic acids is 1. The molecule has 0 saturated heterocycles. The summed E-state index contributed by atoms with van der Waals surface area (Å²) in [6.07, 6.45) is 0. The van der Waals surface area contributed by atoms with Crippen LogP contribution in [0, 0.1) is 13.8 Å². The topological polar surface area (TPSA) is 41.1 Å². The third-order valence-electron chi connectivity index (χ3n) is 3.40. The second kappa shape index (κ2) is 6.64. The van der Waals surface area contributed by atoms with Crippen LogP contribution in [-0.2, 0) is 4.79 Å². The van der Waals surface area contributed by atoms with Gasteiger partial charge in [0.15, 0.2) is 0 Å². The van der Waals surface area contributed by atoms with Crippen molar-refractivity contribution in [2.24, 2.45) is 0 Å². The first kappa shape index (κ1) is 15.4. The molecule has 0 radical (unpaired) electrons. The molecule has 1 amide bonds. The van der Waals surface area contributed by atoms with Crippen molar-refractivity contribution in [2.75, 3.05) is 10.6 Å². The minimum atomic E-state index is -0.340. The van der Waals surface area contributed by atoms with Crippen molar-refractivity contribution in [1.82, 2.24) is 0 Å². The summed E-state index contributed by atoms with van der Waals surface area (Å²) in [6, 6.07) is 12.8. The van der Waals surface area contributed by atoms with Crippen LogP contribution < -0.4 is 10.6 Å². The minimum Gasteiger partial charge on any atom is -0.374 e. The highest BCUT2D eigenvalue weighted by Crippen LogP contribution is 2.16. The van der Waals surface area contributed by atoms with Gasteiger partial charge in [-0.2, -0.15) is 0 Å². The van der Waals surface area contributed by atoms with Crippen molar-refractivity contribution in [1.29, 1.82) is 0 Å². The van der Waals surface area contributed by atoms with E-state index in [2.05, 4.69) is 10.6 Å². The summed E-state index contributed by atoms with van der Waals surface area (Å²) in [7, 11) is 0. The highest BCUT2D eigenvalue weighted by Gasteiger charge is 2.13. The molecular formula is C17H19ClN2O. The average molecular weight is 303 g/mol. The third kappa shape index (κ3) is 4.23. The Labute approximate surface area is 130 Å². The van der Waals surface area contributed by atoms with E-state index in [1.54, 1.807) is 12.1 Å². The molecule has 0 aliphatic rings. The number of aryl methyl sites for hydroxylation is 2. The molecular weight excluding hydrogens is 284 g/mol. The summed E-state index contributed by atoms with van der Waals surface area (Å²) < 4.78 is 0. The molecule has 2 rings (SSSR count). The van der Waals surface area contributed by atoms with Gasteiger partial charge in [0, 0.05) is 16.4 Å². The normalized spacial score (nSPS) is 11.8. The van der Waals surface area contributed by atoms with E-state index in [-0.39, 0.29) is 11.9 Å². The molecule has 0 aliphatic carbocycles. The third-order valence-corrected chi connectivity index (χ3v) is 3.65. The molecule has 2 N–H and O–H groups in total. The van der Waals surface area contributed by atoms with Crippen LogP contribution in [0.5, 0.6) is 0 Å². The maximum atomic E-state index is 12.2. The average Bonchev–Trinajstić information content (AvgIpc) is 2.45. The Morgan fingerprint density at radius 2 is 1.62 bits per heavy atom. The standard InChI is InChI=1S/C17H19ClN2O/c1-11-4-7-16(10-12(11)2)20-17(21)13(3)19-15-8-5-14(18)6-9-15/h4-10,13,19H,1-3H3,(H,20,21)/t13-/m1/s1. The van der Waals surface area contributed by atoms with Crippen molar-refractivity contribution in [3.63, 3.8) is 0 Å². The molecule has 4 heteroatoms. The molecule has 3 nitrogen and oxygen atoms in total. The molecule has 0 aromatic heterocycles. The van der Waals surface area contributed by atoms with E-state index >= 15 is 0 Å². The Morgan fingerprint density at radius 1 is 1.00 bits per heavy atom. The lowest BCUT2D eigenvalue weighted by Gasteiger charge is -2.16. The van der Waals surface area contributed by atoms with Gasteiger partial charge < -0.3 is 10.6 Å². The highest BCUT2D eigenvalue weighted by atomic mass is 35.5. The number of nitrogens with one attached hydrogen (secondary N) is 2. The lowest BCUT2D eigenvalue weighted by molar-refractivity contribution is -0.116. The molecule has 0 bridgehead atoms. The van der Waals surface area contributed by atoms with E-state index in [1.165, 1.54) is 5.56 Å². The number of amides is 1. The Bertz CT molecular complexity index is 638. The fraction of sp³-hybridized carbons (Fsp3) is 0.235. The van der Waals surface area contributed by atoms with Gasteiger partial charge in [0.2, 0.25) is 5.91 Å². The van der Waals surface area contributed by atoms with Crippen molar-refractivity contribution in [2.45, 2.75) is 26.8 Å². The number of rotatable bonds is 4. The number of hydrogen-bond acceptors (Lipinski definition) is 2. The number of carbonyl (C=O) groups is 1. The molecule has 110 valence electrons. The van der Waals surface area contributed by atoms with E-state index in [1.807, 2.05) is 51.1 Å². The van der Waals surface area contributed by atoms with Crippen LogP contribution in [-0.4, -0.2) is 11.9 Å². The molecule has 0 unspecified atom stereocenters. The lowest BCUT2D eigenvalue weighted by atomic mass is 10.1.